The van der Waals surface area contributed by atoms with Gasteiger partial charge in [-0.3, -0.25) is 9.10 Å². The average molecular weight is 363 g/mol. The van der Waals surface area contributed by atoms with Crippen molar-refractivity contribution in [1.82, 2.24) is 0 Å². The lowest BCUT2D eigenvalue weighted by Crippen LogP contribution is -2.35. The molecule has 0 unspecified atom stereocenters. The van der Waals surface area contributed by atoms with Crippen molar-refractivity contribution in [3.05, 3.63) is 53.1 Å². The molecular formula is C18H21NO5S. The lowest BCUT2D eigenvalue weighted by atomic mass is 10.1. The Morgan fingerprint density at radius 1 is 1.04 bits per heavy atom. The fourth-order valence-electron chi connectivity index (χ4n) is 2.46. The third kappa shape index (κ3) is 3.93. The summed E-state index contributed by atoms with van der Waals surface area (Å²) in [6.07, 6.45) is 0. The summed E-state index contributed by atoms with van der Waals surface area (Å²) in [5.74, 6) is -0.665. The van der Waals surface area contributed by atoms with Crippen molar-refractivity contribution in [3.8, 4) is 5.75 Å². The summed E-state index contributed by atoms with van der Waals surface area (Å²) in [6, 6.07) is 9.50. The number of methoxy groups -OCH3 is 1. The van der Waals surface area contributed by atoms with Crippen LogP contribution in [0.5, 0.6) is 5.75 Å². The Bertz CT molecular complexity index is 906. The van der Waals surface area contributed by atoms with E-state index in [1.54, 1.807) is 31.2 Å². The zero-order chi connectivity index (χ0) is 18.8. The zero-order valence-corrected chi connectivity index (χ0v) is 15.4. The van der Waals surface area contributed by atoms with E-state index >= 15 is 0 Å². The number of rotatable bonds is 6. The molecular weight excluding hydrogens is 342 g/mol. The molecule has 2 aromatic carbocycles. The van der Waals surface area contributed by atoms with Crippen molar-refractivity contribution in [2.24, 2.45) is 0 Å². The number of sulfonamides is 1. The minimum Gasteiger partial charge on any atom is -0.496 e. The van der Waals surface area contributed by atoms with E-state index < -0.39 is 22.5 Å². The molecule has 0 aromatic heterocycles. The number of hydrogen-bond acceptors (Lipinski definition) is 4. The van der Waals surface area contributed by atoms with Crippen LogP contribution >= 0.6 is 0 Å². The van der Waals surface area contributed by atoms with Gasteiger partial charge in [-0.2, -0.15) is 0 Å². The Labute approximate surface area is 147 Å². The molecule has 0 radical (unpaired) electrons. The monoisotopic (exact) mass is 363 g/mol. The third-order valence-electron chi connectivity index (χ3n) is 4.01. The number of nitrogens with zero attached hydrogens (tertiary/aromatic N) is 1. The first-order valence-corrected chi connectivity index (χ1v) is 9.07. The smallest absolute Gasteiger partial charge is 0.324 e. The van der Waals surface area contributed by atoms with Crippen LogP contribution < -0.4 is 9.04 Å². The van der Waals surface area contributed by atoms with Crippen LogP contribution in [0.1, 0.15) is 16.7 Å². The number of carbonyl (C=O) groups is 1. The topological polar surface area (TPSA) is 83.9 Å². The first-order chi connectivity index (χ1) is 11.7. The van der Waals surface area contributed by atoms with Crippen LogP contribution in [0.15, 0.2) is 41.3 Å². The predicted molar refractivity (Wildman–Crippen MR) is 95.8 cm³/mol. The Hall–Kier alpha value is -2.54. The lowest BCUT2D eigenvalue weighted by molar-refractivity contribution is -0.135. The number of benzene rings is 2. The van der Waals surface area contributed by atoms with Gasteiger partial charge >= 0.3 is 5.97 Å². The van der Waals surface area contributed by atoms with E-state index in [0.717, 1.165) is 15.4 Å². The van der Waals surface area contributed by atoms with Crippen molar-refractivity contribution < 1.29 is 23.1 Å². The summed E-state index contributed by atoms with van der Waals surface area (Å²) in [5, 5.41) is 9.19. The highest BCUT2D eigenvalue weighted by Gasteiger charge is 2.27. The van der Waals surface area contributed by atoms with Crippen molar-refractivity contribution in [2.75, 3.05) is 18.0 Å². The van der Waals surface area contributed by atoms with Gasteiger partial charge in [0.15, 0.2) is 0 Å². The second-order valence-corrected chi connectivity index (χ2v) is 7.67. The Morgan fingerprint density at radius 2 is 1.72 bits per heavy atom. The van der Waals surface area contributed by atoms with Gasteiger partial charge in [-0.05, 0) is 67.8 Å². The molecule has 6 nitrogen and oxygen atoms in total. The SMILES string of the molecule is COc1ccc(S(=O)(=O)N(CC(=O)O)c2ccc(C)c(C)c2)cc1C. The molecule has 25 heavy (non-hydrogen) atoms. The Kier molecular flexibility index (Phi) is 5.37. The molecule has 0 bridgehead atoms. The summed E-state index contributed by atoms with van der Waals surface area (Å²) in [7, 11) is -2.53. The van der Waals surface area contributed by atoms with Gasteiger partial charge in [-0.25, -0.2) is 8.42 Å². The molecule has 0 amide bonds. The maximum Gasteiger partial charge on any atom is 0.324 e. The molecule has 2 aromatic rings. The van der Waals surface area contributed by atoms with E-state index in [1.165, 1.54) is 19.2 Å². The van der Waals surface area contributed by atoms with Gasteiger partial charge in [-0.1, -0.05) is 6.07 Å². The van der Waals surface area contributed by atoms with E-state index in [1.807, 2.05) is 13.8 Å². The van der Waals surface area contributed by atoms with E-state index in [0.29, 0.717) is 17.0 Å². The van der Waals surface area contributed by atoms with Gasteiger partial charge in [0.05, 0.1) is 17.7 Å². The lowest BCUT2D eigenvalue weighted by Gasteiger charge is -2.24. The summed E-state index contributed by atoms with van der Waals surface area (Å²) in [4.78, 5) is 11.3. The molecule has 0 fully saturated rings. The zero-order valence-electron chi connectivity index (χ0n) is 14.6. The van der Waals surface area contributed by atoms with Crippen LogP contribution in [0, 0.1) is 20.8 Å². The Balaban J connectivity index is 2.57. The van der Waals surface area contributed by atoms with Crippen molar-refractivity contribution in [1.29, 1.82) is 0 Å². The largest absolute Gasteiger partial charge is 0.496 e. The van der Waals surface area contributed by atoms with Gasteiger partial charge in [0.25, 0.3) is 10.0 Å². The summed E-state index contributed by atoms with van der Waals surface area (Å²) >= 11 is 0. The normalized spacial score (nSPS) is 11.2. The maximum absolute atomic E-state index is 13.0. The molecule has 0 aliphatic rings. The van der Waals surface area contributed by atoms with Crippen LogP contribution in [-0.2, 0) is 14.8 Å². The number of carboxylic acid groups (broad SMARTS) is 1. The first-order valence-electron chi connectivity index (χ1n) is 7.63. The van der Waals surface area contributed by atoms with Gasteiger partial charge in [0.1, 0.15) is 12.3 Å². The second kappa shape index (κ2) is 7.14. The highest BCUT2D eigenvalue weighted by atomic mass is 32.2. The standard InChI is InChI=1S/C18H21NO5S/c1-12-5-6-15(9-13(12)2)19(11-18(20)21)25(22,23)16-7-8-17(24-4)14(3)10-16/h5-10H,11H2,1-4H3,(H,20,21). The fraction of sp³-hybridized carbons (Fsp3) is 0.278. The van der Waals surface area contributed by atoms with Gasteiger partial charge in [-0.15, -0.1) is 0 Å². The van der Waals surface area contributed by atoms with Crippen LogP contribution in [0.4, 0.5) is 5.69 Å². The highest BCUT2D eigenvalue weighted by Crippen LogP contribution is 2.28. The number of ether oxygens (including phenoxy) is 1. The fourth-order valence-corrected chi connectivity index (χ4v) is 3.95. The molecule has 0 aliphatic heterocycles. The number of hydrogen-bond donors (Lipinski definition) is 1. The number of anilines is 1. The Morgan fingerprint density at radius 3 is 2.24 bits per heavy atom. The van der Waals surface area contributed by atoms with E-state index in [4.69, 9.17) is 4.74 Å². The van der Waals surface area contributed by atoms with Gasteiger partial charge in [0.2, 0.25) is 0 Å². The summed E-state index contributed by atoms with van der Waals surface area (Å²) in [6.45, 7) is 4.83. The van der Waals surface area contributed by atoms with Crippen molar-refractivity contribution in [2.45, 2.75) is 25.7 Å². The molecule has 0 aliphatic carbocycles. The highest BCUT2D eigenvalue weighted by molar-refractivity contribution is 7.92. The molecule has 134 valence electrons. The molecule has 0 heterocycles. The molecule has 2 rings (SSSR count). The van der Waals surface area contributed by atoms with Crippen LogP contribution in [0.25, 0.3) is 0 Å². The molecule has 7 heteroatoms. The van der Waals surface area contributed by atoms with Crippen LogP contribution in [0.2, 0.25) is 0 Å². The molecule has 0 saturated heterocycles. The third-order valence-corrected chi connectivity index (χ3v) is 5.78. The van der Waals surface area contributed by atoms with Crippen molar-refractivity contribution >= 4 is 21.7 Å². The van der Waals surface area contributed by atoms with E-state index in [9.17, 15) is 18.3 Å². The van der Waals surface area contributed by atoms with Gasteiger partial charge < -0.3 is 9.84 Å². The van der Waals surface area contributed by atoms with Gasteiger partial charge in [0, 0.05) is 0 Å². The quantitative estimate of drug-likeness (QED) is 0.853. The van der Waals surface area contributed by atoms with Crippen LogP contribution in [-0.4, -0.2) is 33.1 Å². The molecule has 1 N–H and O–H groups in total. The summed E-state index contributed by atoms with van der Waals surface area (Å²) < 4.78 is 32.1. The van der Waals surface area contributed by atoms with E-state index in [2.05, 4.69) is 0 Å². The second-order valence-electron chi connectivity index (χ2n) is 5.81. The number of carboxylic acids is 1. The van der Waals surface area contributed by atoms with Crippen molar-refractivity contribution in [3.63, 3.8) is 0 Å². The number of aryl methyl sites for hydroxylation is 3. The minimum atomic E-state index is -4.03. The molecule has 0 saturated carbocycles. The van der Waals surface area contributed by atoms with E-state index in [-0.39, 0.29) is 4.90 Å². The average Bonchev–Trinajstić information content (AvgIpc) is 2.55. The minimum absolute atomic E-state index is 0.0188. The predicted octanol–water partition coefficient (Wildman–Crippen LogP) is 2.90. The maximum atomic E-state index is 13.0. The number of aliphatic carboxylic acids is 1. The summed E-state index contributed by atoms with van der Waals surface area (Å²) in [5.41, 5.74) is 2.85. The molecule has 0 spiro atoms. The first kappa shape index (κ1) is 18.8. The molecule has 0 atom stereocenters. The van der Waals surface area contributed by atoms with Crippen LogP contribution in [0.3, 0.4) is 0 Å².